The fourth-order valence-corrected chi connectivity index (χ4v) is 1.87. The predicted octanol–water partition coefficient (Wildman–Crippen LogP) is 4.07. The fraction of sp³-hybridized carbons (Fsp3) is 0.0714. The van der Waals surface area contributed by atoms with Crippen LogP contribution in [0.25, 0.3) is 11.1 Å². The van der Waals surface area contributed by atoms with Crippen molar-refractivity contribution in [2.75, 3.05) is 0 Å². The molecule has 0 aliphatic rings. The van der Waals surface area contributed by atoms with Gasteiger partial charge in [0.15, 0.2) is 0 Å². The molecular weight excluding hydrogens is 257 g/mol. The fourth-order valence-electron chi connectivity index (χ4n) is 1.87. The van der Waals surface area contributed by atoms with E-state index >= 15 is 0 Å². The van der Waals surface area contributed by atoms with Gasteiger partial charge in [0.25, 0.3) is 0 Å². The molecule has 0 saturated heterocycles. The quantitative estimate of drug-likeness (QED) is 0.889. The van der Waals surface area contributed by atoms with Gasteiger partial charge in [0.05, 0.1) is 11.1 Å². The summed E-state index contributed by atoms with van der Waals surface area (Å²) >= 11 is 0. The minimum atomic E-state index is -4.53. The Morgan fingerprint density at radius 3 is 2.00 bits per heavy atom. The summed E-state index contributed by atoms with van der Waals surface area (Å²) < 4.78 is 38.8. The standard InChI is InChI=1S/C14H9F3O2/c15-14(16,17)12-8-4-3-6-10(12)9-5-1-2-7-11(9)13(18)19/h1-8H,(H,18,19). The number of carboxylic acids is 1. The summed E-state index contributed by atoms with van der Waals surface area (Å²) in [4.78, 5) is 11.1. The first-order valence-corrected chi connectivity index (χ1v) is 5.40. The van der Waals surface area contributed by atoms with Crippen LogP contribution in [0.4, 0.5) is 13.2 Å². The van der Waals surface area contributed by atoms with Crippen LogP contribution in [-0.2, 0) is 6.18 Å². The van der Waals surface area contributed by atoms with Crippen LogP contribution in [0, 0.1) is 0 Å². The third-order valence-corrected chi connectivity index (χ3v) is 2.68. The topological polar surface area (TPSA) is 37.3 Å². The summed E-state index contributed by atoms with van der Waals surface area (Å²) in [7, 11) is 0. The number of rotatable bonds is 2. The lowest BCUT2D eigenvalue weighted by Crippen LogP contribution is -2.08. The average Bonchev–Trinajstić information content (AvgIpc) is 2.37. The van der Waals surface area contributed by atoms with E-state index in [2.05, 4.69) is 0 Å². The number of benzene rings is 2. The molecule has 0 fully saturated rings. The van der Waals surface area contributed by atoms with Crippen LogP contribution in [-0.4, -0.2) is 11.1 Å². The maximum Gasteiger partial charge on any atom is 0.417 e. The largest absolute Gasteiger partial charge is 0.478 e. The van der Waals surface area contributed by atoms with Crippen molar-refractivity contribution in [3.8, 4) is 11.1 Å². The third kappa shape index (κ3) is 2.59. The molecule has 2 nitrogen and oxygen atoms in total. The molecule has 0 spiro atoms. The van der Waals surface area contributed by atoms with Gasteiger partial charge in [0.1, 0.15) is 0 Å². The van der Waals surface area contributed by atoms with Crippen LogP contribution in [0.2, 0.25) is 0 Å². The first-order chi connectivity index (χ1) is 8.91. The Hall–Kier alpha value is -2.30. The van der Waals surface area contributed by atoms with Gasteiger partial charge >= 0.3 is 12.1 Å². The van der Waals surface area contributed by atoms with Crippen LogP contribution in [0.1, 0.15) is 15.9 Å². The molecule has 0 aliphatic carbocycles. The minimum absolute atomic E-state index is 0.0583. The van der Waals surface area contributed by atoms with Gasteiger partial charge < -0.3 is 5.11 Å². The predicted molar refractivity (Wildman–Crippen MR) is 63.8 cm³/mol. The molecule has 0 heterocycles. The lowest BCUT2D eigenvalue weighted by atomic mass is 9.95. The van der Waals surface area contributed by atoms with E-state index in [0.717, 1.165) is 6.07 Å². The zero-order valence-electron chi connectivity index (χ0n) is 9.61. The van der Waals surface area contributed by atoms with Crippen molar-refractivity contribution in [3.63, 3.8) is 0 Å². The molecule has 2 aromatic carbocycles. The van der Waals surface area contributed by atoms with E-state index in [4.69, 9.17) is 5.11 Å². The van der Waals surface area contributed by atoms with Gasteiger partial charge in [-0.15, -0.1) is 0 Å². The van der Waals surface area contributed by atoms with Crippen molar-refractivity contribution in [1.29, 1.82) is 0 Å². The second-order valence-corrected chi connectivity index (χ2v) is 3.89. The highest BCUT2D eigenvalue weighted by atomic mass is 19.4. The molecule has 19 heavy (non-hydrogen) atoms. The zero-order chi connectivity index (χ0) is 14.0. The van der Waals surface area contributed by atoms with E-state index in [9.17, 15) is 18.0 Å². The monoisotopic (exact) mass is 266 g/mol. The molecule has 98 valence electrons. The van der Waals surface area contributed by atoms with Crippen LogP contribution in [0.3, 0.4) is 0 Å². The van der Waals surface area contributed by atoms with Gasteiger partial charge in [-0.1, -0.05) is 36.4 Å². The van der Waals surface area contributed by atoms with E-state index in [1.54, 1.807) is 0 Å². The van der Waals surface area contributed by atoms with Crippen molar-refractivity contribution in [1.82, 2.24) is 0 Å². The summed E-state index contributed by atoms with van der Waals surface area (Å²) in [6, 6.07) is 10.6. The van der Waals surface area contributed by atoms with Crippen molar-refractivity contribution >= 4 is 5.97 Å². The molecule has 0 atom stereocenters. The lowest BCUT2D eigenvalue weighted by Gasteiger charge is -2.14. The van der Waals surface area contributed by atoms with Crippen LogP contribution in [0.5, 0.6) is 0 Å². The van der Waals surface area contributed by atoms with E-state index in [-0.39, 0.29) is 16.7 Å². The third-order valence-electron chi connectivity index (χ3n) is 2.68. The molecule has 2 rings (SSSR count). The molecule has 0 saturated carbocycles. The average molecular weight is 266 g/mol. The molecule has 5 heteroatoms. The van der Waals surface area contributed by atoms with Crippen LogP contribution < -0.4 is 0 Å². The molecule has 0 unspecified atom stereocenters. The highest BCUT2D eigenvalue weighted by Gasteiger charge is 2.33. The van der Waals surface area contributed by atoms with Crippen LogP contribution >= 0.6 is 0 Å². The summed E-state index contributed by atoms with van der Waals surface area (Å²) in [6.07, 6.45) is -4.53. The molecule has 0 radical (unpaired) electrons. The number of halogens is 3. The van der Waals surface area contributed by atoms with Crippen molar-refractivity contribution in [2.45, 2.75) is 6.18 Å². The number of carbonyl (C=O) groups is 1. The van der Waals surface area contributed by atoms with Gasteiger partial charge in [0, 0.05) is 0 Å². The lowest BCUT2D eigenvalue weighted by molar-refractivity contribution is -0.137. The van der Waals surface area contributed by atoms with E-state index < -0.39 is 17.7 Å². The maximum absolute atomic E-state index is 12.9. The Morgan fingerprint density at radius 1 is 0.895 bits per heavy atom. The second kappa shape index (κ2) is 4.76. The highest BCUT2D eigenvalue weighted by Crippen LogP contribution is 2.37. The Kier molecular flexibility index (Phi) is 3.29. The number of alkyl halides is 3. The van der Waals surface area contributed by atoms with Crippen molar-refractivity contribution < 1.29 is 23.1 Å². The van der Waals surface area contributed by atoms with Crippen molar-refractivity contribution in [2.24, 2.45) is 0 Å². The number of hydrogen-bond donors (Lipinski definition) is 1. The van der Waals surface area contributed by atoms with E-state index in [0.29, 0.717) is 0 Å². The maximum atomic E-state index is 12.9. The normalized spacial score (nSPS) is 11.3. The Balaban J connectivity index is 2.70. The second-order valence-electron chi connectivity index (χ2n) is 3.89. The summed E-state index contributed by atoms with van der Waals surface area (Å²) in [5.41, 5.74) is -1.07. The smallest absolute Gasteiger partial charge is 0.417 e. The first-order valence-electron chi connectivity index (χ1n) is 5.40. The first kappa shape index (κ1) is 13.1. The molecule has 0 bridgehead atoms. The highest BCUT2D eigenvalue weighted by molar-refractivity contribution is 5.96. The molecule has 2 aromatic rings. The molecule has 0 aliphatic heterocycles. The molecule has 1 N–H and O–H groups in total. The van der Waals surface area contributed by atoms with E-state index in [1.165, 1.54) is 42.5 Å². The summed E-state index contributed by atoms with van der Waals surface area (Å²) in [5, 5.41) is 9.04. The van der Waals surface area contributed by atoms with Gasteiger partial charge in [-0.3, -0.25) is 0 Å². The van der Waals surface area contributed by atoms with Gasteiger partial charge in [-0.2, -0.15) is 13.2 Å². The number of aromatic carboxylic acids is 1. The number of carboxylic acid groups (broad SMARTS) is 1. The Bertz CT molecular complexity index is 618. The minimum Gasteiger partial charge on any atom is -0.478 e. The van der Waals surface area contributed by atoms with Gasteiger partial charge in [-0.05, 0) is 23.3 Å². The SMILES string of the molecule is O=C(O)c1ccccc1-c1ccccc1C(F)(F)F. The Morgan fingerprint density at radius 2 is 1.42 bits per heavy atom. The molecule has 0 aromatic heterocycles. The Labute approximate surface area is 107 Å². The van der Waals surface area contributed by atoms with Gasteiger partial charge in [0.2, 0.25) is 0 Å². The molecular formula is C14H9F3O2. The molecule has 0 amide bonds. The summed E-state index contributed by atoms with van der Waals surface area (Å²) in [5.74, 6) is -1.26. The summed E-state index contributed by atoms with van der Waals surface area (Å²) in [6.45, 7) is 0. The number of hydrogen-bond acceptors (Lipinski definition) is 1. The van der Waals surface area contributed by atoms with Crippen molar-refractivity contribution in [3.05, 3.63) is 59.7 Å². The van der Waals surface area contributed by atoms with Crippen LogP contribution in [0.15, 0.2) is 48.5 Å². The van der Waals surface area contributed by atoms with E-state index in [1.807, 2.05) is 0 Å². The zero-order valence-corrected chi connectivity index (χ0v) is 9.61. The van der Waals surface area contributed by atoms with Gasteiger partial charge in [-0.25, -0.2) is 4.79 Å².